The van der Waals surface area contributed by atoms with Crippen molar-refractivity contribution in [1.29, 1.82) is 0 Å². The Morgan fingerprint density at radius 3 is 2.55 bits per heavy atom. The highest BCUT2D eigenvalue weighted by Gasteiger charge is 2.29. The van der Waals surface area contributed by atoms with E-state index in [1.54, 1.807) is 0 Å². The Hall–Kier alpha value is -1.46. The van der Waals surface area contributed by atoms with E-state index < -0.39 is 0 Å². The third kappa shape index (κ3) is 9.26. The number of hydrogen-bond donors (Lipinski definition) is 3. The average Bonchev–Trinajstić information content (AvgIpc) is 2.77. The van der Waals surface area contributed by atoms with E-state index in [9.17, 15) is 10.2 Å². The summed E-state index contributed by atoms with van der Waals surface area (Å²) in [6.07, 6.45) is 13.4. The van der Waals surface area contributed by atoms with Crippen LogP contribution in [0.2, 0.25) is 0 Å². The van der Waals surface area contributed by atoms with Crippen molar-refractivity contribution in [2.75, 3.05) is 33.0 Å². The van der Waals surface area contributed by atoms with E-state index in [4.69, 9.17) is 4.74 Å². The first-order chi connectivity index (χ1) is 14.2. The third-order valence-corrected chi connectivity index (χ3v) is 5.70. The van der Waals surface area contributed by atoms with Gasteiger partial charge in [0.1, 0.15) is 0 Å². The highest BCUT2D eigenvalue weighted by Crippen LogP contribution is 2.30. The molecule has 1 aliphatic carbocycles. The molecule has 0 aliphatic heterocycles. The second-order valence-electron chi connectivity index (χ2n) is 8.37. The van der Waals surface area contributed by atoms with Crippen molar-refractivity contribution >= 4 is 0 Å². The lowest BCUT2D eigenvalue weighted by molar-refractivity contribution is 0.125. The lowest BCUT2D eigenvalue weighted by Gasteiger charge is -2.33. The largest absolute Gasteiger partial charge is 0.395 e. The first-order valence-electron chi connectivity index (χ1n) is 11.1. The van der Waals surface area contributed by atoms with Crippen LogP contribution < -0.4 is 5.32 Å². The van der Waals surface area contributed by atoms with Crippen molar-refractivity contribution in [3.8, 4) is 0 Å². The van der Waals surface area contributed by atoms with Gasteiger partial charge in [0.05, 0.1) is 13.2 Å². The van der Waals surface area contributed by atoms with Gasteiger partial charge < -0.3 is 20.3 Å². The first kappa shape index (κ1) is 23.8. The zero-order chi connectivity index (χ0) is 20.8. The molecule has 0 heterocycles. The summed E-state index contributed by atoms with van der Waals surface area (Å²) >= 11 is 0. The molecule has 4 nitrogen and oxygen atoms in total. The number of aryl methyl sites for hydroxylation is 1. The Labute approximate surface area is 176 Å². The van der Waals surface area contributed by atoms with Gasteiger partial charge in [0.15, 0.2) is 0 Å². The number of unbranched alkanes of at least 4 members (excludes halogenated alkanes) is 2. The molecule has 2 rings (SSSR count). The molecule has 0 radical (unpaired) electrons. The lowest BCUT2D eigenvalue weighted by atomic mass is 9.79. The van der Waals surface area contributed by atoms with E-state index in [0.29, 0.717) is 12.5 Å². The fourth-order valence-corrected chi connectivity index (χ4v) is 3.77. The van der Waals surface area contributed by atoms with Gasteiger partial charge in [-0.05, 0) is 63.0 Å². The van der Waals surface area contributed by atoms with Crippen molar-refractivity contribution in [2.24, 2.45) is 5.41 Å². The monoisotopic (exact) mass is 401 g/mol. The topological polar surface area (TPSA) is 61.7 Å². The molecule has 0 fully saturated rings. The standard InChI is InChI=1S/C25H39NO3/c1-22(26-20-25(21-28)15-9-14-24(18-25)19-27)10-5-7-16-29-17-8-6-13-23-11-3-2-4-12-23/h2-4,9,11-12,14-15,22,26-28H,5-8,10,13,16-21H2,1H3. The van der Waals surface area contributed by atoms with Crippen molar-refractivity contribution in [1.82, 2.24) is 5.32 Å². The van der Waals surface area contributed by atoms with Crippen molar-refractivity contribution in [3.63, 3.8) is 0 Å². The van der Waals surface area contributed by atoms with Crippen LogP contribution in [-0.2, 0) is 11.2 Å². The van der Waals surface area contributed by atoms with Crippen LogP contribution in [0.4, 0.5) is 0 Å². The van der Waals surface area contributed by atoms with Gasteiger partial charge in [0.2, 0.25) is 0 Å². The normalized spacial score (nSPS) is 19.9. The molecular weight excluding hydrogens is 362 g/mol. The predicted octanol–water partition coefficient (Wildman–Crippen LogP) is 4.03. The molecule has 0 spiro atoms. The molecule has 3 N–H and O–H groups in total. The van der Waals surface area contributed by atoms with Crippen LogP contribution in [0, 0.1) is 5.41 Å². The fourth-order valence-electron chi connectivity index (χ4n) is 3.77. The van der Waals surface area contributed by atoms with E-state index in [-0.39, 0.29) is 18.6 Å². The molecule has 0 saturated carbocycles. The van der Waals surface area contributed by atoms with Crippen LogP contribution in [0.3, 0.4) is 0 Å². The van der Waals surface area contributed by atoms with Gasteiger partial charge in [-0.3, -0.25) is 0 Å². The maximum Gasteiger partial charge on any atom is 0.0645 e. The van der Waals surface area contributed by atoms with Crippen LogP contribution in [0.25, 0.3) is 0 Å². The van der Waals surface area contributed by atoms with Crippen LogP contribution in [0.5, 0.6) is 0 Å². The maximum absolute atomic E-state index is 9.85. The molecule has 2 atom stereocenters. The Balaban J connectivity index is 1.47. The summed E-state index contributed by atoms with van der Waals surface area (Å²) < 4.78 is 5.77. The molecule has 0 saturated heterocycles. The van der Waals surface area contributed by atoms with Crippen molar-refractivity contribution in [2.45, 2.75) is 57.9 Å². The molecular formula is C25H39NO3. The highest BCUT2D eigenvalue weighted by molar-refractivity contribution is 5.24. The van der Waals surface area contributed by atoms with Crippen LogP contribution in [0.15, 0.2) is 54.1 Å². The van der Waals surface area contributed by atoms with E-state index >= 15 is 0 Å². The predicted molar refractivity (Wildman–Crippen MR) is 120 cm³/mol. The zero-order valence-corrected chi connectivity index (χ0v) is 18.0. The van der Waals surface area contributed by atoms with E-state index in [1.165, 1.54) is 12.0 Å². The number of hydrogen-bond acceptors (Lipinski definition) is 4. The van der Waals surface area contributed by atoms with Crippen LogP contribution in [0.1, 0.15) is 51.0 Å². The Morgan fingerprint density at radius 1 is 1.07 bits per heavy atom. The van der Waals surface area contributed by atoms with Crippen molar-refractivity contribution < 1.29 is 14.9 Å². The van der Waals surface area contributed by atoms with Gasteiger partial charge >= 0.3 is 0 Å². The summed E-state index contributed by atoms with van der Waals surface area (Å²) in [6.45, 7) is 4.78. The van der Waals surface area contributed by atoms with Gasteiger partial charge in [-0.15, -0.1) is 0 Å². The molecule has 29 heavy (non-hydrogen) atoms. The highest BCUT2D eigenvalue weighted by atomic mass is 16.5. The first-order valence-corrected chi connectivity index (χ1v) is 11.1. The van der Waals surface area contributed by atoms with E-state index in [0.717, 1.165) is 57.4 Å². The third-order valence-electron chi connectivity index (χ3n) is 5.70. The number of ether oxygens (including phenoxy) is 1. The van der Waals surface area contributed by atoms with Crippen LogP contribution in [-0.4, -0.2) is 49.2 Å². The minimum atomic E-state index is -0.288. The molecule has 1 aliphatic rings. The quantitative estimate of drug-likeness (QED) is 0.388. The summed E-state index contributed by atoms with van der Waals surface area (Å²) in [5.41, 5.74) is 2.10. The summed E-state index contributed by atoms with van der Waals surface area (Å²) in [5.74, 6) is 0. The second kappa shape index (κ2) is 13.7. The zero-order valence-electron chi connectivity index (χ0n) is 18.0. The Morgan fingerprint density at radius 2 is 1.83 bits per heavy atom. The molecule has 1 aromatic carbocycles. The van der Waals surface area contributed by atoms with Gasteiger partial charge in [-0.25, -0.2) is 0 Å². The van der Waals surface area contributed by atoms with E-state index in [1.807, 2.05) is 12.2 Å². The Kier molecular flexibility index (Phi) is 11.3. The number of allylic oxidation sites excluding steroid dienone is 2. The van der Waals surface area contributed by atoms with Gasteiger partial charge in [-0.2, -0.15) is 0 Å². The summed E-state index contributed by atoms with van der Waals surface area (Å²) in [5, 5.41) is 22.8. The number of nitrogens with one attached hydrogen (secondary N) is 1. The number of benzene rings is 1. The van der Waals surface area contributed by atoms with Crippen molar-refractivity contribution in [3.05, 3.63) is 59.7 Å². The minimum Gasteiger partial charge on any atom is -0.395 e. The number of rotatable bonds is 15. The SMILES string of the molecule is CC(CCCCOCCCCc1ccccc1)NCC1(CO)C=CC=C(CO)C1. The number of aliphatic hydroxyl groups is 2. The summed E-state index contributed by atoms with van der Waals surface area (Å²) in [6, 6.07) is 11.0. The maximum atomic E-state index is 9.85. The molecule has 4 heteroatoms. The smallest absolute Gasteiger partial charge is 0.0645 e. The van der Waals surface area contributed by atoms with Crippen LogP contribution >= 0.6 is 0 Å². The summed E-state index contributed by atoms with van der Waals surface area (Å²) in [4.78, 5) is 0. The molecule has 0 amide bonds. The van der Waals surface area contributed by atoms with Gasteiger partial charge in [0.25, 0.3) is 0 Å². The molecule has 2 unspecified atom stereocenters. The summed E-state index contributed by atoms with van der Waals surface area (Å²) in [7, 11) is 0. The molecule has 0 aromatic heterocycles. The van der Waals surface area contributed by atoms with E-state index in [2.05, 4.69) is 48.6 Å². The Bertz CT molecular complexity index is 614. The second-order valence-corrected chi connectivity index (χ2v) is 8.37. The van der Waals surface area contributed by atoms with Gasteiger partial charge in [-0.1, -0.05) is 48.6 Å². The van der Waals surface area contributed by atoms with Gasteiger partial charge in [0, 0.05) is 31.2 Å². The fraction of sp³-hybridized carbons (Fsp3) is 0.600. The molecule has 162 valence electrons. The molecule has 0 bridgehead atoms. The molecule has 1 aromatic rings. The number of aliphatic hydroxyl groups excluding tert-OH is 2. The average molecular weight is 402 g/mol. The lowest BCUT2D eigenvalue weighted by Crippen LogP contribution is -2.41. The minimum absolute atomic E-state index is 0.0634.